The van der Waals surface area contributed by atoms with Crippen LogP contribution in [0.3, 0.4) is 0 Å². The van der Waals surface area contributed by atoms with Crippen molar-refractivity contribution in [3.05, 3.63) is 110 Å². The first-order valence-electron chi connectivity index (χ1n) is 11.0. The number of halogens is 15. The molecule has 0 spiro atoms. The molecule has 5 rings (SSSR count). The van der Waals surface area contributed by atoms with E-state index in [1.54, 1.807) is 0 Å². The minimum absolute atomic E-state index is 0.168. The molecule has 0 saturated carbocycles. The maximum Gasteiger partial charge on any atom is 0.714 e. The number of rotatable bonds is 6. The predicted octanol–water partition coefficient (Wildman–Crippen LogP) is 8.34. The Morgan fingerprint density at radius 1 is 0.442 bits per heavy atom. The van der Waals surface area contributed by atoms with Gasteiger partial charge >= 0.3 is 7.32 Å². The molecular weight excluding hydrogens is 632 g/mol. The van der Waals surface area contributed by atoms with Gasteiger partial charge in [0.25, 0.3) is 0 Å². The first kappa shape index (κ1) is 30.3. The normalized spacial score (nSPS) is 17.7. The van der Waals surface area contributed by atoms with E-state index in [9.17, 15) is 65.9 Å². The lowest BCUT2D eigenvalue weighted by Crippen LogP contribution is -2.34. The molecule has 3 aromatic carbocycles. The van der Waals surface area contributed by atoms with Gasteiger partial charge in [-0.1, -0.05) is 0 Å². The molecule has 2 aliphatic carbocycles. The SMILES string of the molecule is FC1=C(F)C(OB(Oc2ccc(F)c(F)c2F)OC2C(F)=C(F)c3c(F)c(F)c(F)c(F)c32)c2c(F)c(F)c(F)c(F)c21. The lowest BCUT2D eigenvalue weighted by Gasteiger charge is -2.23. The summed E-state index contributed by atoms with van der Waals surface area (Å²) in [6.45, 7) is 0. The second-order valence-electron chi connectivity index (χ2n) is 8.53. The number of hydrogen-bond acceptors (Lipinski definition) is 3. The first-order valence-corrected chi connectivity index (χ1v) is 11.0. The fraction of sp³-hybridized carbons (Fsp3) is 0.0833. The summed E-state index contributed by atoms with van der Waals surface area (Å²) in [5, 5.41) is 0. The average Bonchev–Trinajstić information content (AvgIpc) is 3.37. The zero-order valence-corrected chi connectivity index (χ0v) is 19.8. The van der Waals surface area contributed by atoms with E-state index in [0.717, 1.165) is 0 Å². The molecule has 3 aromatic rings. The van der Waals surface area contributed by atoms with E-state index in [1.165, 1.54) is 0 Å². The van der Waals surface area contributed by atoms with E-state index in [-0.39, 0.29) is 12.1 Å². The van der Waals surface area contributed by atoms with E-state index in [2.05, 4.69) is 14.0 Å². The molecule has 0 amide bonds. The summed E-state index contributed by atoms with van der Waals surface area (Å²) in [6.07, 6.45) is -6.25. The molecule has 0 aromatic heterocycles. The quantitative estimate of drug-likeness (QED) is 0.118. The highest BCUT2D eigenvalue weighted by molar-refractivity contribution is 6.37. The monoisotopic (exact) mass is 636 g/mol. The highest BCUT2D eigenvalue weighted by Crippen LogP contribution is 2.50. The fourth-order valence-corrected chi connectivity index (χ4v) is 4.21. The molecule has 0 saturated heterocycles. The zero-order valence-electron chi connectivity index (χ0n) is 19.8. The van der Waals surface area contributed by atoms with Crippen LogP contribution >= 0.6 is 0 Å². The van der Waals surface area contributed by atoms with Crippen molar-refractivity contribution in [2.45, 2.75) is 12.2 Å². The van der Waals surface area contributed by atoms with Gasteiger partial charge in [0.2, 0.25) is 5.82 Å². The van der Waals surface area contributed by atoms with E-state index in [4.69, 9.17) is 0 Å². The van der Waals surface area contributed by atoms with Crippen molar-refractivity contribution < 1.29 is 79.8 Å². The maximum atomic E-state index is 14.8. The average molecular weight is 636 g/mol. The van der Waals surface area contributed by atoms with E-state index >= 15 is 0 Å². The van der Waals surface area contributed by atoms with Gasteiger partial charge in [0, 0.05) is 11.1 Å². The summed E-state index contributed by atoms with van der Waals surface area (Å²) in [5.41, 5.74) is -7.39. The van der Waals surface area contributed by atoms with Crippen LogP contribution in [0.4, 0.5) is 65.9 Å². The van der Waals surface area contributed by atoms with Gasteiger partial charge in [0.05, 0.1) is 11.1 Å². The van der Waals surface area contributed by atoms with E-state index in [1.807, 2.05) is 0 Å². The predicted molar refractivity (Wildman–Crippen MR) is 111 cm³/mol. The summed E-state index contributed by atoms with van der Waals surface area (Å²) in [5.74, 6) is -38.0. The third-order valence-electron chi connectivity index (χ3n) is 6.17. The number of benzene rings is 3. The smallest absolute Gasteiger partial charge is 0.509 e. The lowest BCUT2D eigenvalue weighted by atomic mass is 10.0. The van der Waals surface area contributed by atoms with Crippen LogP contribution in [0, 0.1) is 64.0 Å². The zero-order chi connectivity index (χ0) is 31.8. The second kappa shape index (κ2) is 10.5. The minimum atomic E-state index is -3.27. The van der Waals surface area contributed by atoms with Crippen LogP contribution < -0.4 is 4.65 Å². The van der Waals surface area contributed by atoms with Crippen molar-refractivity contribution in [2.75, 3.05) is 0 Å². The molecular formula is C24H4BF15O3. The van der Waals surface area contributed by atoms with Gasteiger partial charge in [-0.05, 0) is 12.1 Å². The van der Waals surface area contributed by atoms with Crippen LogP contribution in [0.2, 0.25) is 0 Å². The third kappa shape index (κ3) is 4.43. The third-order valence-corrected chi connectivity index (χ3v) is 6.17. The summed E-state index contributed by atoms with van der Waals surface area (Å²) >= 11 is 0. The van der Waals surface area contributed by atoms with Crippen molar-refractivity contribution in [2.24, 2.45) is 0 Å². The Kier molecular flexibility index (Phi) is 7.44. The maximum absolute atomic E-state index is 14.8. The molecule has 2 aliphatic rings. The molecule has 0 aliphatic heterocycles. The van der Waals surface area contributed by atoms with E-state index in [0.29, 0.717) is 0 Å². The van der Waals surface area contributed by atoms with Gasteiger partial charge in [-0.25, -0.2) is 61.5 Å². The van der Waals surface area contributed by atoms with Crippen molar-refractivity contribution in [1.29, 1.82) is 0 Å². The van der Waals surface area contributed by atoms with Crippen molar-refractivity contribution in [1.82, 2.24) is 0 Å². The molecule has 0 fully saturated rings. The summed E-state index contributed by atoms with van der Waals surface area (Å²) in [6, 6.07) is 0.407. The second-order valence-corrected chi connectivity index (χ2v) is 8.53. The first-order chi connectivity index (χ1) is 20.1. The molecule has 0 N–H and O–H groups in total. The van der Waals surface area contributed by atoms with Crippen molar-refractivity contribution >= 4 is 19.0 Å². The van der Waals surface area contributed by atoms with Gasteiger partial charge in [-0.15, -0.1) is 0 Å². The molecule has 2 unspecified atom stereocenters. The Morgan fingerprint density at radius 3 is 1.26 bits per heavy atom. The molecule has 19 heteroatoms. The highest BCUT2D eigenvalue weighted by Gasteiger charge is 2.49. The molecule has 2 atom stereocenters. The Labute approximate surface area is 227 Å². The van der Waals surface area contributed by atoms with E-state index < -0.39 is 135 Å². The molecule has 3 nitrogen and oxygen atoms in total. The Morgan fingerprint density at radius 2 is 0.837 bits per heavy atom. The topological polar surface area (TPSA) is 27.7 Å². The van der Waals surface area contributed by atoms with Crippen LogP contribution in [0.5, 0.6) is 5.75 Å². The van der Waals surface area contributed by atoms with Crippen LogP contribution in [0.25, 0.3) is 11.7 Å². The van der Waals surface area contributed by atoms with Crippen LogP contribution in [0.1, 0.15) is 34.5 Å². The summed E-state index contributed by atoms with van der Waals surface area (Å²) in [7, 11) is -3.27. The number of hydrogen-bond donors (Lipinski definition) is 0. The van der Waals surface area contributed by atoms with Gasteiger partial charge < -0.3 is 14.0 Å². The molecule has 43 heavy (non-hydrogen) atoms. The van der Waals surface area contributed by atoms with Gasteiger partial charge in [0.15, 0.2) is 81.5 Å². The summed E-state index contributed by atoms with van der Waals surface area (Å²) in [4.78, 5) is 0. The largest absolute Gasteiger partial charge is 0.714 e. The minimum Gasteiger partial charge on any atom is -0.509 e. The standard InChI is InChI=1S/C24H4BF15O3/c26-3-1-2-4(10(28)9(3)27)41-25(42-23-7-5(13(31)21(23)39)11(29)17(35)19(37)15(7)33)43-24-8-6(14(32)22(24)40)12(30)18(36)20(38)16(8)34/h1-2,23-24H. The van der Waals surface area contributed by atoms with Gasteiger partial charge in [-0.2, -0.15) is 4.39 Å². The van der Waals surface area contributed by atoms with Crippen LogP contribution in [0.15, 0.2) is 23.8 Å². The van der Waals surface area contributed by atoms with Crippen LogP contribution in [-0.2, 0) is 9.31 Å². The van der Waals surface area contributed by atoms with Crippen molar-refractivity contribution in [3.63, 3.8) is 0 Å². The lowest BCUT2D eigenvalue weighted by molar-refractivity contribution is 0.0660. The molecule has 226 valence electrons. The van der Waals surface area contributed by atoms with Crippen LogP contribution in [-0.4, -0.2) is 7.32 Å². The summed E-state index contributed by atoms with van der Waals surface area (Å²) < 4.78 is 226. The Balaban J connectivity index is 1.64. The molecule has 0 heterocycles. The van der Waals surface area contributed by atoms with Gasteiger partial charge in [0.1, 0.15) is 18.0 Å². The molecule has 0 radical (unpaired) electrons. The fourth-order valence-electron chi connectivity index (χ4n) is 4.21. The Bertz CT molecular complexity index is 1690. The Hall–Kier alpha value is -4.13. The van der Waals surface area contributed by atoms with Crippen molar-refractivity contribution in [3.8, 4) is 5.75 Å². The van der Waals surface area contributed by atoms with Gasteiger partial charge in [-0.3, -0.25) is 0 Å². The molecule has 0 bridgehead atoms. The highest BCUT2D eigenvalue weighted by atomic mass is 19.2. The number of fused-ring (bicyclic) bond motifs is 2.